The third kappa shape index (κ3) is 8.62. The van der Waals surface area contributed by atoms with Crippen LogP contribution in [-0.4, -0.2) is 30.6 Å². The van der Waals surface area contributed by atoms with Gasteiger partial charge in [-0.15, -0.1) is 11.8 Å². The number of nitrogens with one attached hydrogen (secondary N) is 3. The highest BCUT2D eigenvalue weighted by atomic mass is 35.5. The molecule has 208 valence electrons. The summed E-state index contributed by atoms with van der Waals surface area (Å²) < 4.78 is 5.27. The fourth-order valence-electron chi connectivity index (χ4n) is 3.61. The zero-order valence-electron chi connectivity index (χ0n) is 21.8. The van der Waals surface area contributed by atoms with Crippen molar-refractivity contribution in [3.05, 3.63) is 124 Å². The predicted molar refractivity (Wildman–Crippen MR) is 166 cm³/mol. The molecule has 3 amide bonds. The number of hydrogen-bond acceptors (Lipinski definition) is 5. The lowest BCUT2D eigenvalue weighted by Crippen LogP contribution is -2.30. The van der Waals surface area contributed by atoms with Crippen molar-refractivity contribution in [1.82, 2.24) is 5.32 Å². The Morgan fingerprint density at radius 2 is 1.59 bits per heavy atom. The first-order valence-corrected chi connectivity index (χ1v) is 14.1. The van der Waals surface area contributed by atoms with Gasteiger partial charge < -0.3 is 20.7 Å². The van der Waals surface area contributed by atoms with E-state index in [-0.39, 0.29) is 22.4 Å². The van der Waals surface area contributed by atoms with Crippen LogP contribution in [0.5, 0.6) is 5.75 Å². The van der Waals surface area contributed by atoms with Crippen molar-refractivity contribution in [1.29, 1.82) is 0 Å². The number of hydrogen-bond donors (Lipinski definition) is 3. The zero-order valence-corrected chi connectivity index (χ0v) is 24.1. The zero-order chi connectivity index (χ0) is 29.2. The number of benzene rings is 4. The van der Waals surface area contributed by atoms with E-state index in [0.29, 0.717) is 33.3 Å². The quantitative estimate of drug-likeness (QED) is 0.132. The van der Waals surface area contributed by atoms with E-state index in [2.05, 4.69) is 16.0 Å². The normalized spacial score (nSPS) is 11.0. The molecule has 0 unspecified atom stereocenters. The van der Waals surface area contributed by atoms with E-state index in [9.17, 15) is 14.4 Å². The molecule has 0 atom stereocenters. The minimum absolute atomic E-state index is 0.0573. The molecule has 10 heteroatoms. The highest BCUT2D eigenvalue weighted by Crippen LogP contribution is 2.30. The number of ether oxygens (including phenoxy) is 1. The van der Waals surface area contributed by atoms with E-state index in [0.717, 1.165) is 4.90 Å². The van der Waals surface area contributed by atoms with Gasteiger partial charge in [-0.2, -0.15) is 0 Å². The first-order chi connectivity index (χ1) is 19.8. The van der Waals surface area contributed by atoms with Crippen LogP contribution >= 0.6 is 35.0 Å². The second kappa shape index (κ2) is 14.4. The second-order valence-electron chi connectivity index (χ2n) is 8.57. The third-order valence-electron chi connectivity index (χ3n) is 5.64. The fourth-order valence-corrected chi connectivity index (χ4v) is 4.66. The maximum absolute atomic E-state index is 13.3. The largest absolute Gasteiger partial charge is 0.497 e. The van der Waals surface area contributed by atoms with E-state index >= 15 is 0 Å². The molecule has 7 nitrogen and oxygen atoms in total. The Morgan fingerprint density at radius 3 is 2.32 bits per heavy atom. The molecule has 0 spiro atoms. The molecule has 0 aliphatic rings. The average molecular weight is 607 g/mol. The SMILES string of the molecule is COc1cccc(/C=C(\NC(=O)c2ccccc2)C(=O)Nc2ccc(SCC(=O)Nc3cccc(Cl)c3Cl)cc2)c1. The van der Waals surface area contributed by atoms with Gasteiger partial charge in [-0.3, -0.25) is 14.4 Å². The molecular formula is C31H25Cl2N3O4S. The van der Waals surface area contributed by atoms with Crippen molar-refractivity contribution in [2.45, 2.75) is 4.90 Å². The monoisotopic (exact) mass is 605 g/mol. The molecule has 4 aromatic carbocycles. The van der Waals surface area contributed by atoms with Gasteiger partial charge in [-0.1, -0.05) is 59.6 Å². The highest BCUT2D eigenvalue weighted by Gasteiger charge is 2.16. The second-order valence-corrected chi connectivity index (χ2v) is 10.4. The minimum Gasteiger partial charge on any atom is -0.497 e. The number of carbonyl (C=O) groups excluding carboxylic acids is 3. The van der Waals surface area contributed by atoms with Gasteiger partial charge in [-0.05, 0) is 72.3 Å². The summed E-state index contributed by atoms with van der Waals surface area (Å²) in [6, 6.07) is 27.8. The van der Waals surface area contributed by atoms with Gasteiger partial charge in [0.2, 0.25) is 5.91 Å². The van der Waals surface area contributed by atoms with Crippen LogP contribution in [0, 0.1) is 0 Å². The molecule has 4 aromatic rings. The Hall–Kier alpha value is -4.24. The van der Waals surface area contributed by atoms with E-state index in [1.807, 2.05) is 0 Å². The molecule has 41 heavy (non-hydrogen) atoms. The Bertz CT molecular complexity index is 1580. The first kappa shape index (κ1) is 29.7. The van der Waals surface area contributed by atoms with Gasteiger partial charge in [0.1, 0.15) is 11.4 Å². The maximum Gasteiger partial charge on any atom is 0.272 e. The van der Waals surface area contributed by atoms with Crippen LogP contribution in [0.2, 0.25) is 10.0 Å². The lowest BCUT2D eigenvalue weighted by molar-refractivity contribution is -0.114. The fraction of sp³-hybridized carbons (Fsp3) is 0.0645. The van der Waals surface area contributed by atoms with Gasteiger partial charge in [-0.25, -0.2) is 0 Å². The number of methoxy groups -OCH3 is 1. The molecule has 4 rings (SSSR count). The van der Waals surface area contributed by atoms with Crippen LogP contribution in [0.15, 0.2) is 108 Å². The van der Waals surface area contributed by atoms with Crippen molar-refractivity contribution >= 4 is 70.1 Å². The molecule has 0 fully saturated rings. The molecule has 3 N–H and O–H groups in total. The number of halogens is 2. The molecule has 0 bridgehead atoms. The van der Waals surface area contributed by atoms with Gasteiger partial charge in [0, 0.05) is 16.1 Å². The topological polar surface area (TPSA) is 96.5 Å². The van der Waals surface area contributed by atoms with Gasteiger partial charge in [0.05, 0.1) is 28.6 Å². The van der Waals surface area contributed by atoms with Gasteiger partial charge in [0.25, 0.3) is 11.8 Å². The van der Waals surface area contributed by atoms with Crippen LogP contribution in [0.25, 0.3) is 6.08 Å². The maximum atomic E-state index is 13.3. The third-order valence-corrected chi connectivity index (χ3v) is 7.47. The standard InChI is InChI=1S/C31H25Cl2N3O4S/c1-40-23-10-5-7-20(17-23)18-27(36-30(38)21-8-3-2-4-9-21)31(39)34-22-13-15-24(16-14-22)41-19-28(37)35-26-12-6-11-25(32)29(26)33/h2-18H,19H2,1H3,(H,34,39)(H,35,37)(H,36,38)/b27-18-. The Morgan fingerprint density at radius 1 is 0.854 bits per heavy atom. The Balaban J connectivity index is 1.42. The number of anilines is 2. The van der Waals surface area contributed by atoms with Crippen LogP contribution in [0.3, 0.4) is 0 Å². The van der Waals surface area contributed by atoms with Crippen molar-refractivity contribution in [2.75, 3.05) is 23.5 Å². The van der Waals surface area contributed by atoms with Crippen molar-refractivity contribution in [2.24, 2.45) is 0 Å². The summed E-state index contributed by atoms with van der Waals surface area (Å²) in [5, 5.41) is 8.91. The summed E-state index contributed by atoms with van der Waals surface area (Å²) in [7, 11) is 1.55. The van der Waals surface area contributed by atoms with Crippen LogP contribution in [0.4, 0.5) is 11.4 Å². The molecule has 0 saturated heterocycles. The van der Waals surface area contributed by atoms with Crippen molar-refractivity contribution < 1.29 is 19.1 Å². The van der Waals surface area contributed by atoms with Gasteiger partial charge >= 0.3 is 0 Å². The number of amides is 3. The number of rotatable bonds is 10. The van der Waals surface area contributed by atoms with Crippen LogP contribution in [-0.2, 0) is 9.59 Å². The van der Waals surface area contributed by atoms with E-state index in [4.69, 9.17) is 27.9 Å². The van der Waals surface area contributed by atoms with Crippen molar-refractivity contribution in [3.63, 3.8) is 0 Å². The molecule has 0 heterocycles. The highest BCUT2D eigenvalue weighted by molar-refractivity contribution is 8.00. The summed E-state index contributed by atoms with van der Waals surface area (Å²) in [5.41, 5.74) is 2.11. The summed E-state index contributed by atoms with van der Waals surface area (Å²) in [6.07, 6.45) is 1.58. The molecule has 0 aromatic heterocycles. The smallest absolute Gasteiger partial charge is 0.272 e. The van der Waals surface area contributed by atoms with E-state index in [1.54, 1.807) is 110 Å². The summed E-state index contributed by atoms with van der Waals surface area (Å²) in [6.45, 7) is 0. The summed E-state index contributed by atoms with van der Waals surface area (Å²) >= 11 is 13.5. The predicted octanol–water partition coefficient (Wildman–Crippen LogP) is 7.14. The van der Waals surface area contributed by atoms with E-state index in [1.165, 1.54) is 11.8 Å². The minimum atomic E-state index is -0.504. The molecular weight excluding hydrogens is 581 g/mol. The van der Waals surface area contributed by atoms with E-state index < -0.39 is 11.8 Å². The number of thioether (sulfide) groups is 1. The van der Waals surface area contributed by atoms with Gasteiger partial charge in [0.15, 0.2) is 0 Å². The summed E-state index contributed by atoms with van der Waals surface area (Å²) in [4.78, 5) is 39.3. The summed E-state index contributed by atoms with van der Waals surface area (Å²) in [5.74, 6) is -0.398. The van der Waals surface area contributed by atoms with Crippen LogP contribution < -0.4 is 20.7 Å². The molecule has 0 aliphatic heterocycles. The average Bonchev–Trinajstić information content (AvgIpc) is 2.99. The molecule has 0 saturated carbocycles. The Kier molecular flexibility index (Phi) is 10.5. The lowest BCUT2D eigenvalue weighted by Gasteiger charge is -2.12. The van der Waals surface area contributed by atoms with Crippen molar-refractivity contribution in [3.8, 4) is 5.75 Å². The molecule has 0 aliphatic carbocycles. The van der Waals surface area contributed by atoms with Crippen LogP contribution in [0.1, 0.15) is 15.9 Å². The molecule has 0 radical (unpaired) electrons. The number of carbonyl (C=O) groups is 3. The lowest BCUT2D eigenvalue weighted by atomic mass is 10.1. The Labute approximate surface area is 251 Å². The first-order valence-electron chi connectivity index (χ1n) is 12.3.